The van der Waals surface area contributed by atoms with Gasteiger partial charge in [0.15, 0.2) is 5.82 Å². The molecular weight excluding hydrogens is 292 g/mol. The van der Waals surface area contributed by atoms with Crippen molar-refractivity contribution < 1.29 is 0 Å². The number of benzene rings is 1. The molecule has 2 N–H and O–H groups in total. The zero-order valence-electron chi connectivity index (χ0n) is 9.97. The molecule has 4 nitrogen and oxygen atoms in total. The summed E-state index contributed by atoms with van der Waals surface area (Å²) in [4.78, 5) is 10.5. The number of nitrogen functional groups attached to an aromatic ring is 1. The first-order valence-electron chi connectivity index (χ1n) is 5.82. The number of anilines is 3. The molecule has 0 amide bonds. The summed E-state index contributed by atoms with van der Waals surface area (Å²) in [6, 6.07) is 8.75. The van der Waals surface area contributed by atoms with E-state index in [1.807, 2.05) is 6.07 Å². The fraction of sp³-hybridized carbons (Fsp3) is 0.231. The van der Waals surface area contributed by atoms with Gasteiger partial charge in [0.1, 0.15) is 0 Å². The highest BCUT2D eigenvalue weighted by Gasteiger charge is 2.29. The third-order valence-electron chi connectivity index (χ3n) is 3.18. The number of para-hydroxylation sites is 1. The lowest BCUT2D eigenvalue weighted by atomic mass is 10.1. The van der Waals surface area contributed by atoms with Crippen LogP contribution >= 0.6 is 15.9 Å². The first-order chi connectivity index (χ1) is 8.66. The third-order valence-corrected chi connectivity index (χ3v) is 3.74. The molecule has 0 saturated heterocycles. The van der Waals surface area contributed by atoms with Crippen molar-refractivity contribution in [1.82, 2.24) is 9.97 Å². The van der Waals surface area contributed by atoms with Gasteiger partial charge in [-0.2, -0.15) is 4.98 Å². The molecule has 1 aromatic carbocycles. The van der Waals surface area contributed by atoms with Crippen LogP contribution in [0.4, 0.5) is 17.5 Å². The molecule has 5 heteroatoms. The summed E-state index contributed by atoms with van der Waals surface area (Å²) in [5.41, 5.74) is 8.23. The highest BCUT2D eigenvalue weighted by Crippen LogP contribution is 2.39. The number of nitrogens with zero attached hydrogens (tertiary/aromatic N) is 3. The minimum Gasteiger partial charge on any atom is -0.368 e. The van der Waals surface area contributed by atoms with Gasteiger partial charge < -0.3 is 10.6 Å². The van der Waals surface area contributed by atoms with Crippen LogP contribution in [0.1, 0.15) is 12.5 Å². The van der Waals surface area contributed by atoms with Gasteiger partial charge >= 0.3 is 0 Å². The summed E-state index contributed by atoms with van der Waals surface area (Å²) >= 11 is 3.50. The predicted molar refractivity (Wildman–Crippen MR) is 75.9 cm³/mol. The zero-order chi connectivity index (χ0) is 12.7. The van der Waals surface area contributed by atoms with Gasteiger partial charge in [-0.05, 0) is 40.9 Å². The standard InChI is InChI=1S/C13H13BrN4/c1-8-6-9-4-2-3-5-11(9)18(8)12-10(14)7-16-13(15)17-12/h2-5,7-8H,6H2,1H3,(H2,15,16,17). The summed E-state index contributed by atoms with van der Waals surface area (Å²) in [7, 11) is 0. The van der Waals surface area contributed by atoms with Crippen molar-refractivity contribution in [3.05, 3.63) is 40.5 Å². The highest BCUT2D eigenvalue weighted by atomic mass is 79.9. The molecule has 2 aromatic rings. The number of rotatable bonds is 1. The van der Waals surface area contributed by atoms with E-state index in [2.05, 4.69) is 55.9 Å². The number of hydrogen-bond donors (Lipinski definition) is 1. The van der Waals surface area contributed by atoms with Crippen LogP contribution in [0.3, 0.4) is 0 Å². The maximum Gasteiger partial charge on any atom is 0.222 e. The Morgan fingerprint density at radius 1 is 1.39 bits per heavy atom. The zero-order valence-corrected chi connectivity index (χ0v) is 11.6. The SMILES string of the molecule is CC1Cc2ccccc2N1c1nc(N)ncc1Br. The molecular formula is C13H13BrN4. The van der Waals surface area contributed by atoms with E-state index in [4.69, 9.17) is 5.73 Å². The van der Waals surface area contributed by atoms with Crippen LogP contribution in [0.5, 0.6) is 0 Å². The second-order valence-corrected chi connectivity index (χ2v) is 5.31. The van der Waals surface area contributed by atoms with E-state index >= 15 is 0 Å². The van der Waals surface area contributed by atoms with Gasteiger partial charge in [-0.15, -0.1) is 0 Å². The monoisotopic (exact) mass is 304 g/mol. The molecule has 92 valence electrons. The quantitative estimate of drug-likeness (QED) is 0.880. The van der Waals surface area contributed by atoms with E-state index in [0.29, 0.717) is 12.0 Å². The Morgan fingerprint density at radius 2 is 2.17 bits per heavy atom. The molecule has 1 aliphatic heterocycles. The Morgan fingerprint density at radius 3 is 3.00 bits per heavy atom. The summed E-state index contributed by atoms with van der Waals surface area (Å²) in [6.45, 7) is 2.19. The van der Waals surface area contributed by atoms with Crippen molar-refractivity contribution in [1.29, 1.82) is 0 Å². The third kappa shape index (κ3) is 1.75. The Labute approximate surface area is 114 Å². The van der Waals surface area contributed by atoms with Crippen LogP contribution in [0.15, 0.2) is 34.9 Å². The summed E-state index contributed by atoms with van der Waals surface area (Å²) in [5.74, 6) is 1.13. The van der Waals surface area contributed by atoms with Crippen molar-refractivity contribution >= 4 is 33.4 Å². The minimum absolute atomic E-state index is 0.296. The lowest BCUT2D eigenvalue weighted by Gasteiger charge is -2.24. The van der Waals surface area contributed by atoms with Crippen molar-refractivity contribution in [3.63, 3.8) is 0 Å². The lowest BCUT2D eigenvalue weighted by Crippen LogP contribution is -2.25. The topological polar surface area (TPSA) is 55.0 Å². The van der Waals surface area contributed by atoms with Crippen LogP contribution in [0.25, 0.3) is 0 Å². The molecule has 0 radical (unpaired) electrons. The second-order valence-electron chi connectivity index (χ2n) is 4.45. The smallest absolute Gasteiger partial charge is 0.222 e. The molecule has 1 atom stereocenters. The van der Waals surface area contributed by atoms with E-state index in [-0.39, 0.29) is 0 Å². The molecule has 1 aliphatic rings. The Balaban J connectivity index is 2.14. The summed E-state index contributed by atoms with van der Waals surface area (Å²) in [5, 5.41) is 0. The average molecular weight is 305 g/mol. The Hall–Kier alpha value is -1.62. The Bertz CT molecular complexity index is 599. The van der Waals surface area contributed by atoms with Crippen LogP contribution in [0.2, 0.25) is 0 Å². The van der Waals surface area contributed by atoms with Gasteiger partial charge in [-0.25, -0.2) is 4.98 Å². The van der Waals surface area contributed by atoms with Gasteiger partial charge in [0, 0.05) is 17.9 Å². The van der Waals surface area contributed by atoms with Crippen molar-refractivity contribution in [3.8, 4) is 0 Å². The number of aromatic nitrogens is 2. The second kappa shape index (κ2) is 4.24. The normalized spacial score (nSPS) is 17.9. The fourth-order valence-corrected chi connectivity index (χ4v) is 2.81. The summed E-state index contributed by atoms with van der Waals surface area (Å²) in [6.07, 6.45) is 2.72. The van der Waals surface area contributed by atoms with Gasteiger partial charge in [0.2, 0.25) is 5.95 Å². The predicted octanol–water partition coefficient (Wildman–Crippen LogP) is 2.90. The molecule has 3 rings (SSSR count). The van der Waals surface area contributed by atoms with E-state index in [0.717, 1.165) is 16.7 Å². The number of halogens is 1. The van der Waals surface area contributed by atoms with E-state index in [1.54, 1.807) is 6.20 Å². The molecule has 18 heavy (non-hydrogen) atoms. The molecule has 0 bridgehead atoms. The van der Waals surface area contributed by atoms with Gasteiger partial charge in [-0.1, -0.05) is 18.2 Å². The Kier molecular flexibility index (Phi) is 2.70. The van der Waals surface area contributed by atoms with Crippen LogP contribution < -0.4 is 10.6 Å². The first-order valence-corrected chi connectivity index (χ1v) is 6.61. The van der Waals surface area contributed by atoms with Gasteiger partial charge in [0.05, 0.1) is 4.47 Å². The molecule has 1 aromatic heterocycles. The summed E-state index contributed by atoms with van der Waals surface area (Å²) < 4.78 is 0.861. The molecule has 0 saturated carbocycles. The minimum atomic E-state index is 0.296. The van der Waals surface area contributed by atoms with E-state index < -0.39 is 0 Å². The van der Waals surface area contributed by atoms with Gasteiger partial charge in [0.25, 0.3) is 0 Å². The van der Waals surface area contributed by atoms with Crippen LogP contribution in [-0.4, -0.2) is 16.0 Å². The van der Waals surface area contributed by atoms with E-state index in [1.165, 1.54) is 11.3 Å². The molecule has 1 unspecified atom stereocenters. The largest absolute Gasteiger partial charge is 0.368 e. The fourth-order valence-electron chi connectivity index (χ4n) is 2.43. The van der Waals surface area contributed by atoms with Crippen LogP contribution in [-0.2, 0) is 6.42 Å². The highest BCUT2D eigenvalue weighted by molar-refractivity contribution is 9.10. The van der Waals surface area contributed by atoms with E-state index in [9.17, 15) is 0 Å². The number of hydrogen-bond acceptors (Lipinski definition) is 4. The first kappa shape index (κ1) is 11.5. The van der Waals surface area contributed by atoms with Crippen molar-refractivity contribution in [2.75, 3.05) is 10.6 Å². The number of nitrogens with two attached hydrogens (primary N) is 1. The molecule has 0 spiro atoms. The van der Waals surface area contributed by atoms with Crippen molar-refractivity contribution in [2.24, 2.45) is 0 Å². The van der Waals surface area contributed by atoms with Gasteiger partial charge in [-0.3, -0.25) is 0 Å². The maximum absolute atomic E-state index is 5.69. The number of fused-ring (bicyclic) bond motifs is 1. The van der Waals surface area contributed by atoms with Crippen LogP contribution in [0, 0.1) is 0 Å². The molecule has 0 fully saturated rings. The molecule has 0 aliphatic carbocycles. The maximum atomic E-state index is 5.69. The molecule has 2 heterocycles. The lowest BCUT2D eigenvalue weighted by molar-refractivity contribution is 0.748. The average Bonchev–Trinajstić information content (AvgIpc) is 2.68. The van der Waals surface area contributed by atoms with Crippen molar-refractivity contribution in [2.45, 2.75) is 19.4 Å².